The van der Waals surface area contributed by atoms with Crippen molar-refractivity contribution in [1.82, 2.24) is 16.0 Å². The summed E-state index contributed by atoms with van der Waals surface area (Å²) in [5.74, 6) is -17.6. The zero-order valence-electron chi connectivity index (χ0n) is 37.6. The Balaban J connectivity index is 1.53. The molecule has 0 fully saturated rings. The van der Waals surface area contributed by atoms with Gasteiger partial charge in [0, 0.05) is 12.0 Å². The third kappa shape index (κ3) is 12.9. The van der Waals surface area contributed by atoms with E-state index in [1.165, 1.54) is 56.7 Å². The topological polar surface area (TPSA) is 186 Å². The second kappa shape index (κ2) is 22.5. The molecule has 0 spiro atoms. The average Bonchev–Trinajstić information content (AvgIpc) is 3.32. The third-order valence-electron chi connectivity index (χ3n) is 9.72. The molecular weight excluding hydrogens is 906 g/mol. The maximum atomic E-state index is 14.7. The van der Waals surface area contributed by atoms with Crippen molar-refractivity contribution in [3.8, 4) is 28.7 Å². The van der Waals surface area contributed by atoms with E-state index in [9.17, 15) is 45.9 Å². The molecule has 0 saturated carbocycles. The van der Waals surface area contributed by atoms with Crippen LogP contribution in [0.1, 0.15) is 60.7 Å². The second-order valence-electron chi connectivity index (χ2n) is 15.7. The van der Waals surface area contributed by atoms with E-state index in [-0.39, 0.29) is 40.7 Å². The maximum absolute atomic E-state index is 14.7. The number of hydrogen-bond acceptors (Lipinski definition) is 12. The van der Waals surface area contributed by atoms with Gasteiger partial charge >= 0.3 is 24.1 Å². The summed E-state index contributed by atoms with van der Waals surface area (Å²) < 4.78 is 109. The fourth-order valence-electron chi connectivity index (χ4n) is 6.39. The van der Waals surface area contributed by atoms with Gasteiger partial charge in [0.25, 0.3) is 0 Å². The fourth-order valence-corrected chi connectivity index (χ4v) is 6.39. The summed E-state index contributed by atoms with van der Waals surface area (Å²) in [7, 11) is 3.77. The number of halogens is 5. The van der Waals surface area contributed by atoms with Crippen molar-refractivity contribution in [2.45, 2.75) is 64.4 Å². The summed E-state index contributed by atoms with van der Waals surface area (Å²) in [6, 6.07) is 18.3. The maximum Gasteiger partial charge on any atom is 0.408 e. The predicted molar refractivity (Wildman–Crippen MR) is 231 cm³/mol. The van der Waals surface area contributed by atoms with Gasteiger partial charge in [0.1, 0.15) is 35.8 Å². The molecule has 0 saturated heterocycles. The van der Waals surface area contributed by atoms with E-state index in [1.807, 2.05) is 0 Å². The van der Waals surface area contributed by atoms with E-state index in [0.717, 1.165) is 7.11 Å². The van der Waals surface area contributed by atoms with Gasteiger partial charge in [0.15, 0.2) is 17.5 Å². The molecule has 68 heavy (non-hydrogen) atoms. The summed E-state index contributed by atoms with van der Waals surface area (Å²) in [5, 5.41) is 7.26. The van der Waals surface area contributed by atoms with Gasteiger partial charge in [0.2, 0.25) is 40.7 Å². The van der Waals surface area contributed by atoms with Gasteiger partial charge in [0.05, 0.1) is 21.3 Å². The lowest BCUT2D eigenvalue weighted by Gasteiger charge is -2.26. The van der Waals surface area contributed by atoms with E-state index < -0.39 is 95.0 Å². The monoisotopic (exact) mass is 951 g/mol. The average molecular weight is 952 g/mol. The lowest BCUT2D eigenvalue weighted by atomic mass is 10.0. The van der Waals surface area contributed by atoms with Gasteiger partial charge in [-0.3, -0.25) is 4.79 Å². The zero-order valence-corrected chi connectivity index (χ0v) is 37.6. The first-order valence-electron chi connectivity index (χ1n) is 20.4. The minimum absolute atomic E-state index is 0.0306. The molecule has 0 radical (unpaired) electrons. The molecule has 0 aliphatic rings. The molecular formula is C48H46F5N3O12. The highest BCUT2D eigenvalue weighted by Crippen LogP contribution is 2.40. The van der Waals surface area contributed by atoms with Crippen LogP contribution in [0.4, 0.5) is 31.5 Å². The van der Waals surface area contributed by atoms with Gasteiger partial charge in [-0.2, -0.15) is 8.78 Å². The standard InChI is InChI=1S/C48H46F5N3O12/c1-25-32(63-6)22-29(41(45(59)64-7)56-46(60)65-24-27-16-12-9-13-17-27)23-33(25)66-34-21-28(18-19-31(34)62-5)40(55-47(61)68-48(2,3)4)43(57)54-30(20-26-14-10-8-11-15-26)44(58)67-42-38(52)36(50)35(49)37(51)39(42)53/h8-19,21-23,30,40-41H,20,24H2,1-7H3,(H,54,57)(H,55,61)(H,56,60)/t30-,40-,41+/m1/s1. The van der Waals surface area contributed by atoms with Crippen molar-refractivity contribution in [3.63, 3.8) is 0 Å². The van der Waals surface area contributed by atoms with E-state index in [4.69, 9.17) is 33.2 Å². The van der Waals surface area contributed by atoms with Crippen LogP contribution < -0.4 is 34.9 Å². The summed E-state index contributed by atoms with van der Waals surface area (Å²) in [4.78, 5) is 67.4. The minimum atomic E-state index is -2.49. The van der Waals surface area contributed by atoms with E-state index in [2.05, 4.69) is 16.0 Å². The van der Waals surface area contributed by atoms with Crippen LogP contribution in [0.3, 0.4) is 0 Å². The van der Waals surface area contributed by atoms with Crippen LogP contribution in [-0.4, -0.2) is 63.0 Å². The molecule has 15 nitrogen and oxygen atoms in total. The number of rotatable bonds is 17. The molecule has 0 bridgehead atoms. The van der Waals surface area contributed by atoms with E-state index >= 15 is 0 Å². The summed E-state index contributed by atoms with van der Waals surface area (Å²) in [5.41, 5.74) is 0.382. The first-order valence-corrected chi connectivity index (χ1v) is 20.4. The highest BCUT2D eigenvalue weighted by atomic mass is 19.2. The highest BCUT2D eigenvalue weighted by Gasteiger charge is 2.35. The first kappa shape index (κ1) is 51.1. The molecule has 0 heterocycles. The number of alkyl carbamates (subject to hydrolysis) is 2. The summed E-state index contributed by atoms with van der Waals surface area (Å²) in [6.45, 7) is 6.14. The highest BCUT2D eigenvalue weighted by molar-refractivity contribution is 5.91. The number of amides is 3. The van der Waals surface area contributed by atoms with Crippen LogP contribution in [0.5, 0.6) is 28.7 Å². The van der Waals surface area contributed by atoms with Crippen molar-refractivity contribution in [3.05, 3.63) is 148 Å². The van der Waals surface area contributed by atoms with Crippen LogP contribution in [0.25, 0.3) is 0 Å². The van der Waals surface area contributed by atoms with Gasteiger partial charge in [-0.25, -0.2) is 32.3 Å². The number of carbonyl (C=O) groups is 5. The second-order valence-corrected chi connectivity index (χ2v) is 15.7. The summed E-state index contributed by atoms with van der Waals surface area (Å²) in [6.07, 6.45) is -2.53. The summed E-state index contributed by atoms with van der Waals surface area (Å²) >= 11 is 0. The number of hydrogen-bond donors (Lipinski definition) is 3. The number of esters is 2. The van der Waals surface area contributed by atoms with Crippen molar-refractivity contribution < 1.29 is 79.1 Å². The van der Waals surface area contributed by atoms with Crippen molar-refractivity contribution in [1.29, 1.82) is 0 Å². The lowest BCUT2D eigenvalue weighted by molar-refractivity contribution is -0.143. The smallest absolute Gasteiger partial charge is 0.408 e. The number of methoxy groups -OCH3 is 3. The van der Waals surface area contributed by atoms with Crippen LogP contribution >= 0.6 is 0 Å². The molecule has 3 amide bonds. The van der Waals surface area contributed by atoms with Crippen molar-refractivity contribution in [2.24, 2.45) is 0 Å². The van der Waals surface area contributed by atoms with Crippen LogP contribution in [-0.2, 0) is 41.6 Å². The SMILES string of the molecule is COC(=O)[C@@H](NC(=O)OCc1ccccc1)c1cc(OC)c(C)c(Oc2cc([C@@H](NC(=O)OC(C)(C)C)C(=O)N[C@H](Cc3ccccc3)C(=O)Oc3c(F)c(F)c(F)c(F)c3F)ccc2OC)c1. The Morgan fingerprint density at radius 3 is 1.71 bits per heavy atom. The molecule has 0 aromatic heterocycles. The molecule has 0 aliphatic carbocycles. The zero-order chi connectivity index (χ0) is 49.9. The van der Waals surface area contributed by atoms with E-state index in [0.29, 0.717) is 16.7 Å². The van der Waals surface area contributed by atoms with Crippen LogP contribution in [0.15, 0.2) is 91.0 Å². The molecule has 20 heteroatoms. The Morgan fingerprint density at radius 1 is 0.588 bits per heavy atom. The van der Waals surface area contributed by atoms with Gasteiger partial charge < -0.3 is 49.1 Å². The molecule has 5 rings (SSSR count). The molecule has 360 valence electrons. The molecule has 3 atom stereocenters. The minimum Gasteiger partial charge on any atom is -0.496 e. The Hall–Kier alpha value is -7.90. The quantitative estimate of drug-likeness (QED) is 0.0202. The Labute approximate surface area is 386 Å². The fraction of sp³-hybridized carbons (Fsp3) is 0.271. The Bertz CT molecular complexity index is 2620. The number of benzene rings is 5. The van der Waals surface area contributed by atoms with E-state index in [1.54, 1.807) is 76.2 Å². The van der Waals surface area contributed by atoms with Crippen molar-refractivity contribution >= 4 is 30.0 Å². The normalized spacial score (nSPS) is 12.4. The Morgan fingerprint density at radius 2 is 1.13 bits per heavy atom. The molecule has 3 N–H and O–H groups in total. The van der Waals surface area contributed by atoms with Crippen LogP contribution in [0.2, 0.25) is 0 Å². The lowest BCUT2D eigenvalue weighted by Crippen LogP contribution is -2.50. The van der Waals surface area contributed by atoms with Crippen molar-refractivity contribution in [2.75, 3.05) is 21.3 Å². The Kier molecular flexibility index (Phi) is 16.9. The molecule has 0 aliphatic heterocycles. The molecule has 5 aromatic rings. The van der Waals surface area contributed by atoms with Gasteiger partial charge in [-0.15, -0.1) is 0 Å². The first-order chi connectivity index (χ1) is 32.2. The van der Waals surface area contributed by atoms with Gasteiger partial charge in [-0.1, -0.05) is 66.7 Å². The number of nitrogens with one attached hydrogen (secondary N) is 3. The third-order valence-corrected chi connectivity index (χ3v) is 9.72. The predicted octanol–water partition coefficient (Wildman–Crippen LogP) is 8.54. The molecule has 0 unspecified atom stereocenters. The largest absolute Gasteiger partial charge is 0.496 e. The van der Waals surface area contributed by atoms with Crippen LogP contribution in [0, 0.1) is 36.0 Å². The molecule has 5 aromatic carbocycles. The van der Waals surface area contributed by atoms with Gasteiger partial charge in [-0.05, 0) is 74.2 Å². The number of ether oxygens (including phenoxy) is 7. The number of carbonyl (C=O) groups excluding carboxylic acids is 5.